The van der Waals surface area contributed by atoms with Crippen molar-refractivity contribution in [1.82, 2.24) is 5.32 Å². The van der Waals surface area contributed by atoms with Gasteiger partial charge in [-0.15, -0.1) is 0 Å². The van der Waals surface area contributed by atoms with Gasteiger partial charge in [-0.2, -0.15) is 0 Å². The highest BCUT2D eigenvalue weighted by Crippen LogP contribution is 2.32. The first-order valence-electron chi connectivity index (χ1n) is 5.26. The number of benzene rings is 1. The van der Waals surface area contributed by atoms with Crippen LogP contribution in [-0.4, -0.2) is 16.8 Å². The van der Waals surface area contributed by atoms with E-state index in [2.05, 4.69) is 5.32 Å². The third-order valence-electron chi connectivity index (χ3n) is 2.44. The number of nitrogen functional groups attached to an aromatic ring is 2. The van der Waals surface area contributed by atoms with E-state index in [0.29, 0.717) is 29.0 Å². The summed E-state index contributed by atoms with van der Waals surface area (Å²) in [6.45, 7) is 4.05. The van der Waals surface area contributed by atoms with Crippen molar-refractivity contribution in [3.05, 3.63) is 23.3 Å². The van der Waals surface area contributed by atoms with E-state index in [9.17, 15) is 10.2 Å². The van der Waals surface area contributed by atoms with Gasteiger partial charge in [-0.05, 0) is 25.6 Å². The van der Waals surface area contributed by atoms with Crippen LogP contribution in [0.1, 0.15) is 37.3 Å². The maximum Gasteiger partial charge on any atom is 0.133 e. The van der Waals surface area contributed by atoms with Gasteiger partial charge in [0.05, 0.1) is 6.10 Å². The summed E-state index contributed by atoms with van der Waals surface area (Å²) < 4.78 is 0. The minimum atomic E-state index is -0.918. The zero-order valence-electron chi connectivity index (χ0n) is 9.57. The first kappa shape index (κ1) is 12.8. The van der Waals surface area contributed by atoms with Crippen molar-refractivity contribution in [2.24, 2.45) is 0 Å². The van der Waals surface area contributed by atoms with Crippen molar-refractivity contribution < 1.29 is 10.2 Å². The summed E-state index contributed by atoms with van der Waals surface area (Å²) in [5.74, 6) is 0. The summed E-state index contributed by atoms with van der Waals surface area (Å²) in [6, 6.07) is 3.25. The van der Waals surface area contributed by atoms with Crippen LogP contribution in [0.15, 0.2) is 12.1 Å². The zero-order chi connectivity index (χ0) is 12.3. The van der Waals surface area contributed by atoms with Crippen LogP contribution < -0.4 is 16.8 Å². The number of aliphatic hydroxyl groups is 2. The molecule has 0 fully saturated rings. The lowest BCUT2D eigenvalue weighted by molar-refractivity contribution is 0.134. The molecule has 7 N–H and O–H groups in total. The third-order valence-corrected chi connectivity index (χ3v) is 2.44. The van der Waals surface area contributed by atoms with Gasteiger partial charge in [0.15, 0.2) is 0 Å². The number of nitrogens with one attached hydrogen (secondary N) is 1. The molecule has 0 radical (unpaired) electrons. The molecule has 0 heterocycles. The molecule has 90 valence electrons. The topological polar surface area (TPSA) is 105 Å². The van der Waals surface area contributed by atoms with Gasteiger partial charge < -0.3 is 21.7 Å². The minimum Gasteiger partial charge on any atom is -0.398 e. The van der Waals surface area contributed by atoms with Gasteiger partial charge in [-0.1, -0.05) is 6.92 Å². The maximum atomic E-state index is 9.90. The van der Waals surface area contributed by atoms with E-state index >= 15 is 0 Å². The monoisotopic (exact) mass is 225 g/mol. The van der Waals surface area contributed by atoms with E-state index in [4.69, 9.17) is 11.5 Å². The smallest absolute Gasteiger partial charge is 0.133 e. The molecule has 1 rings (SSSR count). The predicted molar refractivity (Wildman–Crippen MR) is 64.5 cm³/mol. The van der Waals surface area contributed by atoms with E-state index in [0.717, 1.165) is 0 Å². The van der Waals surface area contributed by atoms with Crippen LogP contribution in [0, 0.1) is 0 Å². The molecule has 0 aliphatic rings. The molecule has 0 aromatic heterocycles. The van der Waals surface area contributed by atoms with E-state index in [1.54, 1.807) is 19.1 Å². The van der Waals surface area contributed by atoms with Crippen LogP contribution in [0.3, 0.4) is 0 Å². The Morgan fingerprint density at radius 1 is 1.19 bits per heavy atom. The SMILES string of the molecule is CCNC(O)c1c(N)ccc(N)c1C(C)O. The fourth-order valence-electron chi connectivity index (χ4n) is 1.74. The summed E-state index contributed by atoms with van der Waals surface area (Å²) in [5.41, 5.74) is 13.3. The molecule has 5 nitrogen and oxygen atoms in total. The Morgan fingerprint density at radius 2 is 1.69 bits per heavy atom. The Balaban J connectivity index is 3.28. The third kappa shape index (κ3) is 2.44. The summed E-state index contributed by atoms with van der Waals surface area (Å²) >= 11 is 0. The average molecular weight is 225 g/mol. The highest BCUT2D eigenvalue weighted by atomic mass is 16.3. The molecule has 5 heteroatoms. The summed E-state index contributed by atoms with van der Waals surface area (Å²) in [6.07, 6.45) is -1.69. The van der Waals surface area contributed by atoms with E-state index in [1.807, 2.05) is 6.92 Å². The molecule has 16 heavy (non-hydrogen) atoms. The highest BCUT2D eigenvalue weighted by molar-refractivity contribution is 5.63. The predicted octanol–water partition coefficient (Wildman–Crippen LogP) is 0.505. The second kappa shape index (κ2) is 5.16. The van der Waals surface area contributed by atoms with Gasteiger partial charge in [0, 0.05) is 22.5 Å². The normalized spacial score (nSPS) is 14.8. The molecule has 1 aromatic carbocycles. The lowest BCUT2D eigenvalue weighted by Gasteiger charge is -2.21. The molecule has 0 saturated carbocycles. The standard InChI is InChI=1S/C11H19N3O2/c1-3-14-11(16)10-8(13)5-4-7(12)9(10)6(2)15/h4-6,11,14-16H,3,12-13H2,1-2H3. The molecular formula is C11H19N3O2. The Kier molecular flexibility index (Phi) is 4.12. The summed E-state index contributed by atoms with van der Waals surface area (Å²) in [5, 5.41) is 22.4. The lowest BCUT2D eigenvalue weighted by atomic mass is 9.98. The number of nitrogens with two attached hydrogens (primary N) is 2. The molecule has 1 aromatic rings. The molecule has 0 saturated heterocycles. The molecule has 0 amide bonds. The minimum absolute atomic E-state index is 0.415. The molecule has 0 aliphatic heterocycles. The molecule has 0 bridgehead atoms. The van der Waals surface area contributed by atoms with E-state index in [-0.39, 0.29) is 0 Å². The number of hydrogen-bond donors (Lipinski definition) is 5. The highest BCUT2D eigenvalue weighted by Gasteiger charge is 2.20. The second-order valence-electron chi connectivity index (χ2n) is 3.71. The molecule has 2 atom stereocenters. The number of anilines is 2. The van der Waals surface area contributed by atoms with Crippen LogP contribution in [0.5, 0.6) is 0 Å². The quantitative estimate of drug-likeness (QED) is 0.379. The maximum absolute atomic E-state index is 9.90. The zero-order valence-corrected chi connectivity index (χ0v) is 9.57. The van der Waals surface area contributed by atoms with E-state index < -0.39 is 12.3 Å². The van der Waals surface area contributed by atoms with Crippen LogP contribution in [0.4, 0.5) is 11.4 Å². The van der Waals surface area contributed by atoms with Crippen molar-refractivity contribution in [2.45, 2.75) is 26.2 Å². The molecular weight excluding hydrogens is 206 g/mol. The van der Waals surface area contributed by atoms with Crippen LogP contribution in [-0.2, 0) is 0 Å². The Labute approximate surface area is 95.1 Å². The van der Waals surface area contributed by atoms with Gasteiger partial charge in [-0.3, -0.25) is 5.32 Å². The Bertz CT molecular complexity index is 366. The fourth-order valence-corrected chi connectivity index (χ4v) is 1.74. The fraction of sp³-hybridized carbons (Fsp3) is 0.455. The second-order valence-corrected chi connectivity index (χ2v) is 3.71. The van der Waals surface area contributed by atoms with Gasteiger partial charge in [0.1, 0.15) is 6.23 Å². The summed E-state index contributed by atoms with van der Waals surface area (Å²) in [4.78, 5) is 0. The van der Waals surface area contributed by atoms with Crippen LogP contribution >= 0.6 is 0 Å². The van der Waals surface area contributed by atoms with Crippen molar-refractivity contribution >= 4 is 11.4 Å². The number of aliphatic hydroxyl groups excluding tert-OH is 2. The molecule has 0 spiro atoms. The van der Waals surface area contributed by atoms with Crippen molar-refractivity contribution in [1.29, 1.82) is 0 Å². The van der Waals surface area contributed by atoms with Gasteiger partial charge in [0.25, 0.3) is 0 Å². The largest absolute Gasteiger partial charge is 0.398 e. The van der Waals surface area contributed by atoms with Crippen molar-refractivity contribution in [3.8, 4) is 0 Å². The Hall–Kier alpha value is -1.30. The first-order valence-corrected chi connectivity index (χ1v) is 5.26. The van der Waals surface area contributed by atoms with Gasteiger partial charge in [-0.25, -0.2) is 0 Å². The van der Waals surface area contributed by atoms with Gasteiger partial charge in [0.2, 0.25) is 0 Å². The van der Waals surface area contributed by atoms with Crippen LogP contribution in [0.2, 0.25) is 0 Å². The first-order chi connectivity index (χ1) is 7.49. The number of rotatable bonds is 4. The van der Waals surface area contributed by atoms with Crippen molar-refractivity contribution in [2.75, 3.05) is 18.0 Å². The van der Waals surface area contributed by atoms with Gasteiger partial charge >= 0.3 is 0 Å². The number of hydrogen-bond acceptors (Lipinski definition) is 5. The van der Waals surface area contributed by atoms with E-state index in [1.165, 1.54) is 0 Å². The molecule has 0 aliphatic carbocycles. The average Bonchev–Trinajstić information content (AvgIpc) is 2.20. The lowest BCUT2D eigenvalue weighted by Crippen LogP contribution is -2.23. The Morgan fingerprint density at radius 3 is 2.12 bits per heavy atom. The molecule has 2 unspecified atom stereocenters. The van der Waals surface area contributed by atoms with Crippen LogP contribution in [0.25, 0.3) is 0 Å². The summed E-state index contributed by atoms with van der Waals surface area (Å²) in [7, 11) is 0. The van der Waals surface area contributed by atoms with Crippen molar-refractivity contribution in [3.63, 3.8) is 0 Å².